The van der Waals surface area contributed by atoms with Crippen LogP contribution >= 0.6 is 0 Å². The van der Waals surface area contributed by atoms with Gasteiger partial charge in [0.25, 0.3) is 0 Å². The van der Waals surface area contributed by atoms with Crippen molar-refractivity contribution in [3.63, 3.8) is 0 Å². The summed E-state index contributed by atoms with van der Waals surface area (Å²) in [5, 5.41) is 4.57. The number of ether oxygens (including phenoxy) is 2. The molecule has 23 heavy (non-hydrogen) atoms. The molecule has 0 spiro atoms. The zero-order chi connectivity index (χ0) is 16.1. The maximum Gasteiger partial charge on any atom is 0.338 e. The number of hydrogen-bond donors (Lipinski definition) is 0. The maximum absolute atomic E-state index is 11.6. The average Bonchev–Trinajstić information content (AvgIpc) is 3.05. The summed E-state index contributed by atoms with van der Waals surface area (Å²) in [5.74, 6) is 1.01. The number of benzene rings is 1. The van der Waals surface area contributed by atoms with Crippen LogP contribution < -0.4 is 0 Å². The topological polar surface area (TPSA) is 66.2 Å². The van der Waals surface area contributed by atoms with Crippen LogP contribution in [0.25, 0.3) is 0 Å². The molecule has 1 aliphatic rings. The molecule has 6 nitrogen and oxygen atoms in total. The molecule has 0 radical (unpaired) electrons. The van der Waals surface area contributed by atoms with Crippen LogP contribution in [0.4, 0.5) is 0 Å². The number of aromatic nitrogens is 3. The van der Waals surface area contributed by atoms with Gasteiger partial charge in [0.05, 0.1) is 18.7 Å². The normalized spacial score (nSPS) is 15.5. The summed E-state index contributed by atoms with van der Waals surface area (Å²) < 4.78 is 12.2. The van der Waals surface area contributed by atoms with Gasteiger partial charge < -0.3 is 9.47 Å². The van der Waals surface area contributed by atoms with E-state index >= 15 is 0 Å². The zero-order valence-corrected chi connectivity index (χ0v) is 13.3. The molecule has 2 aromatic rings. The molecule has 0 amide bonds. The van der Waals surface area contributed by atoms with Gasteiger partial charge in [0, 0.05) is 19.1 Å². The summed E-state index contributed by atoms with van der Waals surface area (Å²) in [5.41, 5.74) is 1.64. The van der Waals surface area contributed by atoms with Crippen molar-refractivity contribution >= 4 is 5.97 Å². The Labute approximate surface area is 135 Å². The molecule has 3 rings (SSSR count). The highest BCUT2D eigenvalue weighted by molar-refractivity contribution is 5.89. The lowest BCUT2D eigenvalue weighted by Crippen LogP contribution is -2.15. The van der Waals surface area contributed by atoms with Crippen LogP contribution in [0.3, 0.4) is 0 Å². The standard InChI is InChI=1S/C17H21N3O3/c1-2-23-17(21)15-5-3-13(4-6-15)11-20-12-18-16(19-20)14-7-9-22-10-8-14/h3-6,12,14H,2,7-11H2,1H3. The Kier molecular flexibility index (Phi) is 5.02. The summed E-state index contributed by atoms with van der Waals surface area (Å²) in [6.45, 7) is 4.39. The van der Waals surface area contributed by atoms with Crippen molar-refractivity contribution in [3.8, 4) is 0 Å². The maximum atomic E-state index is 11.6. The van der Waals surface area contributed by atoms with Crippen molar-refractivity contribution in [1.82, 2.24) is 14.8 Å². The van der Waals surface area contributed by atoms with Crippen molar-refractivity contribution in [2.75, 3.05) is 19.8 Å². The van der Waals surface area contributed by atoms with Crippen LogP contribution in [0.2, 0.25) is 0 Å². The molecule has 2 heterocycles. The Morgan fingerprint density at radius 3 is 2.74 bits per heavy atom. The second kappa shape index (κ2) is 7.37. The van der Waals surface area contributed by atoms with E-state index in [-0.39, 0.29) is 5.97 Å². The first kappa shape index (κ1) is 15.7. The van der Waals surface area contributed by atoms with Crippen LogP contribution in [-0.4, -0.2) is 40.6 Å². The molecule has 6 heteroatoms. The number of nitrogens with zero attached hydrogens (tertiary/aromatic N) is 3. The van der Waals surface area contributed by atoms with E-state index < -0.39 is 0 Å². The van der Waals surface area contributed by atoms with Gasteiger partial charge in [0.15, 0.2) is 5.82 Å². The van der Waals surface area contributed by atoms with Crippen molar-refractivity contribution in [3.05, 3.63) is 47.5 Å². The second-order valence-electron chi connectivity index (χ2n) is 5.60. The first-order chi connectivity index (χ1) is 11.3. The van der Waals surface area contributed by atoms with Gasteiger partial charge in [-0.25, -0.2) is 14.5 Å². The first-order valence-corrected chi connectivity index (χ1v) is 7.99. The van der Waals surface area contributed by atoms with E-state index in [0.29, 0.717) is 24.6 Å². The molecule has 0 N–H and O–H groups in total. The number of carbonyl (C=O) groups is 1. The predicted molar refractivity (Wildman–Crippen MR) is 84.3 cm³/mol. The Bertz CT molecular complexity index is 645. The molecule has 0 saturated carbocycles. The molecule has 1 aliphatic heterocycles. The highest BCUT2D eigenvalue weighted by Crippen LogP contribution is 2.23. The predicted octanol–water partition coefficient (Wildman–Crippen LogP) is 2.40. The Hall–Kier alpha value is -2.21. The molecule has 122 valence electrons. The fraction of sp³-hybridized carbons (Fsp3) is 0.471. The molecule has 0 unspecified atom stereocenters. The Morgan fingerprint density at radius 1 is 1.30 bits per heavy atom. The van der Waals surface area contributed by atoms with E-state index in [9.17, 15) is 4.79 Å². The number of hydrogen-bond acceptors (Lipinski definition) is 5. The zero-order valence-electron chi connectivity index (χ0n) is 13.3. The molecule has 1 aromatic carbocycles. The van der Waals surface area contributed by atoms with Crippen molar-refractivity contribution < 1.29 is 14.3 Å². The lowest BCUT2D eigenvalue weighted by Gasteiger charge is -2.18. The van der Waals surface area contributed by atoms with Gasteiger partial charge >= 0.3 is 5.97 Å². The highest BCUT2D eigenvalue weighted by Gasteiger charge is 2.19. The number of rotatable bonds is 5. The largest absolute Gasteiger partial charge is 0.462 e. The van der Waals surface area contributed by atoms with Crippen LogP contribution in [0.1, 0.15) is 47.4 Å². The lowest BCUT2D eigenvalue weighted by molar-refractivity contribution is 0.0526. The van der Waals surface area contributed by atoms with E-state index in [1.54, 1.807) is 25.4 Å². The third-order valence-corrected chi connectivity index (χ3v) is 3.95. The Morgan fingerprint density at radius 2 is 2.04 bits per heavy atom. The summed E-state index contributed by atoms with van der Waals surface area (Å²) in [7, 11) is 0. The smallest absolute Gasteiger partial charge is 0.338 e. The minimum absolute atomic E-state index is 0.290. The van der Waals surface area contributed by atoms with Crippen LogP contribution in [-0.2, 0) is 16.0 Å². The lowest BCUT2D eigenvalue weighted by atomic mass is 10.00. The van der Waals surface area contributed by atoms with Gasteiger partial charge in [0.2, 0.25) is 0 Å². The summed E-state index contributed by atoms with van der Waals surface area (Å²) in [6.07, 6.45) is 3.74. The van der Waals surface area contributed by atoms with E-state index in [1.807, 2.05) is 16.8 Å². The van der Waals surface area contributed by atoms with E-state index in [1.165, 1.54) is 0 Å². The molecule has 1 fully saturated rings. The third kappa shape index (κ3) is 3.96. The summed E-state index contributed by atoms with van der Waals surface area (Å²) in [4.78, 5) is 16.1. The molecule has 0 atom stereocenters. The Balaban J connectivity index is 1.63. The van der Waals surface area contributed by atoms with Gasteiger partial charge in [-0.2, -0.15) is 5.10 Å². The molecule has 1 saturated heterocycles. The summed E-state index contributed by atoms with van der Waals surface area (Å²) >= 11 is 0. The first-order valence-electron chi connectivity index (χ1n) is 7.99. The van der Waals surface area contributed by atoms with Crippen LogP contribution in [0, 0.1) is 0 Å². The number of carbonyl (C=O) groups excluding carboxylic acids is 1. The number of esters is 1. The van der Waals surface area contributed by atoms with Gasteiger partial charge in [-0.05, 0) is 37.5 Å². The van der Waals surface area contributed by atoms with Crippen LogP contribution in [0.15, 0.2) is 30.6 Å². The van der Waals surface area contributed by atoms with Crippen molar-refractivity contribution in [2.24, 2.45) is 0 Å². The van der Waals surface area contributed by atoms with Crippen molar-refractivity contribution in [1.29, 1.82) is 0 Å². The van der Waals surface area contributed by atoms with Gasteiger partial charge in [-0.3, -0.25) is 0 Å². The minimum atomic E-state index is -0.290. The average molecular weight is 315 g/mol. The monoisotopic (exact) mass is 315 g/mol. The molecule has 0 bridgehead atoms. The fourth-order valence-electron chi connectivity index (χ4n) is 2.68. The summed E-state index contributed by atoms with van der Waals surface area (Å²) in [6, 6.07) is 7.40. The van der Waals surface area contributed by atoms with Gasteiger partial charge in [-0.15, -0.1) is 0 Å². The van der Waals surface area contributed by atoms with Gasteiger partial charge in [-0.1, -0.05) is 12.1 Å². The highest BCUT2D eigenvalue weighted by atomic mass is 16.5. The van der Waals surface area contributed by atoms with Gasteiger partial charge in [0.1, 0.15) is 6.33 Å². The van der Waals surface area contributed by atoms with E-state index in [2.05, 4.69) is 10.1 Å². The van der Waals surface area contributed by atoms with Crippen molar-refractivity contribution in [2.45, 2.75) is 32.2 Å². The van der Waals surface area contributed by atoms with E-state index in [0.717, 1.165) is 37.4 Å². The quantitative estimate of drug-likeness (QED) is 0.793. The van der Waals surface area contributed by atoms with E-state index in [4.69, 9.17) is 9.47 Å². The molecular weight excluding hydrogens is 294 g/mol. The SMILES string of the molecule is CCOC(=O)c1ccc(Cn2cnc(C3CCOCC3)n2)cc1. The molecule has 1 aromatic heterocycles. The molecule has 0 aliphatic carbocycles. The van der Waals surface area contributed by atoms with Crippen LogP contribution in [0.5, 0.6) is 0 Å². The molecular formula is C17H21N3O3. The third-order valence-electron chi connectivity index (χ3n) is 3.95. The minimum Gasteiger partial charge on any atom is -0.462 e. The fourth-order valence-corrected chi connectivity index (χ4v) is 2.68. The second-order valence-corrected chi connectivity index (χ2v) is 5.60.